The van der Waals surface area contributed by atoms with Gasteiger partial charge in [0.2, 0.25) is 0 Å². The van der Waals surface area contributed by atoms with Crippen molar-refractivity contribution in [2.45, 2.75) is 51.1 Å². The van der Waals surface area contributed by atoms with E-state index in [0.29, 0.717) is 52.1 Å². The van der Waals surface area contributed by atoms with E-state index in [1.807, 2.05) is 48.5 Å². The van der Waals surface area contributed by atoms with Crippen LogP contribution in [0.25, 0.3) is 0 Å². The SMILES string of the molecule is COc1ccc(COCCC[C@H](O)[C@@H](O)CCCOCc2ccc(OC)cc2)cc1. The van der Waals surface area contributed by atoms with Crippen molar-refractivity contribution in [2.75, 3.05) is 27.4 Å². The van der Waals surface area contributed by atoms with Crippen LogP contribution in [0, 0.1) is 0 Å². The number of ether oxygens (including phenoxy) is 4. The minimum Gasteiger partial charge on any atom is -0.497 e. The molecule has 2 aromatic rings. The molecule has 0 amide bonds. The number of hydrogen-bond donors (Lipinski definition) is 2. The van der Waals surface area contributed by atoms with Crippen LogP contribution in [0.1, 0.15) is 36.8 Å². The highest BCUT2D eigenvalue weighted by molar-refractivity contribution is 5.27. The lowest BCUT2D eigenvalue weighted by molar-refractivity contribution is -0.00305. The van der Waals surface area contributed by atoms with Crippen molar-refractivity contribution in [3.63, 3.8) is 0 Å². The van der Waals surface area contributed by atoms with Crippen LogP contribution in [0.5, 0.6) is 11.5 Å². The van der Waals surface area contributed by atoms with E-state index >= 15 is 0 Å². The van der Waals surface area contributed by atoms with E-state index in [9.17, 15) is 10.2 Å². The van der Waals surface area contributed by atoms with Crippen LogP contribution in [0.15, 0.2) is 48.5 Å². The summed E-state index contributed by atoms with van der Waals surface area (Å²) >= 11 is 0. The van der Waals surface area contributed by atoms with Gasteiger partial charge in [0.25, 0.3) is 0 Å². The molecule has 2 atom stereocenters. The first kappa shape index (κ1) is 24.2. The van der Waals surface area contributed by atoms with Crippen molar-refractivity contribution in [3.8, 4) is 11.5 Å². The molecule has 0 unspecified atom stereocenters. The quantitative estimate of drug-likeness (QED) is 0.429. The van der Waals surface area contributed by atoms with Gasteiger partial charge in [0, 0.05) is 13.2 Å². The summed E-state index contributed by atoms with van der Waals surface area (Å²) in [5.74, 6) is 1.64. The Labute approximate surface area is 179 Å². The van der Waals surface area contributed by atoms with Crippen LogP contribution < -0.4 is 9.47 Å². The topological polar surface area (TPSA) is 77.4 Å². The smallest absolute Gasteiger partial charge is 0.118 e. The molecule has 6 heteroatoms. The molecule has 0 aliphatic rings. The molecule has 2 N–H and O–H groups in total. The second-order valence-electron chi connectivity index (χ2n) is 7.22. The summed E-state index contributed by atoms with van der Waals surface area (Å²) in [6.07, 6.45) is 0.935. The Bertz CT molecular complexity index is 624. The molecular weight excluding hydrogens is 384 g/mol. The summed E-state index contributed by atoms with van der Waals surface area (Å²) in [5, 5.41) is 20.2. The van der Waals surface area contributed by atoms with Crippen LogP contribution in [0.2, 0.25) is 0 Å². The Kier molecular flexibility index (Phi) is 11.3. The molecule has 2 rings (SSSR count). The third kappa shape index (κ3) is 9.13. The van der Waals surface area contributed by atoms with Crippen molar-refractivity contribution in [3.05, 3.63) is 59.7 Å². The monoisotopic (exact) mass is 418 g/mol. The van der Waals surface area contributed by atoms with Gasteiger partial charge in [-0.1, -0.05) is 24.3 Å². The molecule has 6 nitrogen and oxygen atoms in total. The summed E-state index contributed by atoms with van der Waals surface area (Å²) in [4.78, 5) is 0. The van der Waals surface area contributed by atoms with Crippen LogP contribution in [0.3, 0.4) is 0 Å². The molecular formula is C24H34O6. The molecule has 0 aliphatic heterocycles. The van der Waals surface area contributed by atoms with Gasteiger partial charge in [-0.3, -0.25) is 0 Å². The van der Waals surface area contributed by atoms with Crippen LogP contribution in [-0.4, -0.2) is 49.9 Å². The molecule has 0 bridgehead atoms. The molecule has 30 heavy (non-hydrogen) atoms. The van der Waals surface area contributed by atoms with Crippen molar-refractivity contribution in [2.24, 2.45) is 0 Å². The van der Waals surface area contributed by atoms with Crippen LogP contribution >= 0.6 is 0 Å². The number of rotatable bonds is 15. The lowest BCUT2D eigenvalue weighted by atomic mass is 10.0. The number of aliphatic hydroxyl groups is 2. The predicted octanol–water partition coefficient (Wildman–Crippen LogP) is 3.72. The highest BCUT2D eigenvalue weighted by atomic mass is 16.5. The third-order valence-corrected chi connectivity index (χ3v) is 4.88. The lowest BCUT2D eigenvalue weighted by Crippen LogP contribution is -2.26. The van der Waals surface area contributed by atoms with E-state index in [1.165, 1.54) is 0 Å². The highest BCUT2D eigenvalue weighted by Gasteiger charge is 2.15. The fourth-order valence-corrected chi connectivity index (χ4v) is 3.00. The predicted molar refractivity (Wildman–Crippen MR) is 116 cm³/mol. The first-order chi connectivity index (χ1) is 14.6. The largest absolute Gasteiger partial charge is 0.497 e. The van der Waals surface area contributed by atoms with E-state index in [0.717, 1.165) is 22.6 Å². The van der Waals surface area contributed by atoms with Gasteiger partial charge in [-0.2, -0.15) is 0 Å². The Balaban J connectivity index is 1.49. The summed E-state index contributed by atoms with van der Waals surface area (Å²) in [6, 6.07) is 15.5. The van der Waals surface area contributed by atoms with Gasteiger partial charge in [0.1, 0.15) is 11.5 Å². The standard InChI is InChI=1S/C24H34O6/c1-27-21-11-7-19(8-12-21)17-29-15-3-5-23(25)24(26)6-4-16-30-18-20-9-13-22(28-2)14-10-20/h7-14,23-26H,3-6,15-18H2,1-2H3/t23-,24-/m0/s1. The number of aliphatic hydroxyl groups excluding tert-OH is 2. The molecule has 2 aromatic carbocycles. The number of benzene rings is 2. The third-order valence-electron chi connectivity index (χ3n) is 4.88. The Morgan fingerprint density at radius 2 is 1.00 bits per heavy atom. The van der Waals surface area contributed by atoms with Crippen molar-refractivity contribution in [1.82, 2.24) is 0 Å². The molecule has 0 aliphatic carbocycles. The Hall–Kier alpha value is -2.12. The second kappa shape index (κ2) is 14.0. The van der Waals surface area contributed by atoms with Gasteiger partial charge in [-0.05, 0) is 61.1 Å². The molecule has 0 radical (unpaired) electrons. The fourth-order valence-electron chi connectivity index (χ4n) is 3.00. The van der Waals surface area contributed by atoms with Gasteiger partial charge in [0.15, 0.2) is 0 Å². The average molecular weight is 419 g/mol. The van der Waals surface area contributed by atoms with Crippen LogP contribution in [0.4, 0.5) is 0 Å². The number of methoxy groups -OCH3 is 2. The van der Waals surface area contributed by atoms with Gasteiger partial charge < -0.3 is 29.2 Å². The molecule has 0 saturated carbocycles. The van der Waals surface area contributed by atoms with E-state index in [-0.39, 0.29) is 0 Å². The molecule has 0 aromatic heterocycles. The lowest BCUT2D eigenvalue weighted by Gasteiger charge is -2.17. The Morgan fingerprint density at radius 1 is 0.633 bits per heavy atom. The van der Waals surface area contributed by atoms with Crippen molar-refractivity contribution in [1.29, 1.82) is 0 Å². The summed E-state index contributed by atoms with van der Waals surface area (Å²) < 4.78 is 21.5. The molecule has 0 heterocycles. The summed E-state index contributed by atoms with van der Waals surface area (Å²) in [5.41, 5.74) is 2.15. The van der Waals surface area contributed by atoms with Gasteiger partial charge in [0.05, 0.1) is 39.6 Å². The highest BCUT2D eigenvalue weighted by Crippen LogP contribution is 2.14. The van der Waals surface area contributed by atoms with Crippen molar-refractivity contribution < 1.29 is 29.2 Å². The van der Waals surface area contributed by atoms with Gasteiger partial charge in [-0.25, -0.2) is 0 Å². The molecule has 166 valence electrons. The summed E-state index contributed by atoms with van der Waals surface area (Å²) in [7, 11) is 3.28. The molecule has 0 saturated heterocycles. The second-order valence-corrected chi connectivity index (χ2v) is 7.22. The van der Waals surface area contributed by atoms with Gasteiger partial charge >= 0.3 is 0 Å². The zero-order valence-corrected chi connectivity index (χ0v) is 18.0. The maximum absolute atomic E-state index is 10.1. The van der Waals surface area contributed by atoms with Gasteiger partial charge in [-0.15, -0.1) is 0 Å². The molecule has 0 spiro atoms. The fraction of sp³-hybridized carbons (Fsp3) is 0.500. The van der Waals surface area contributed by atoms with E-state index in [2.05, 4.69) is 0 Å². The first-order valence-corrected chi connectivity index (χ1v) is 10.4. The maximum Gasteiger partial charge on any atom is 0.118 e. The van der Waals surface area contributed by atoms with E-state index in [1.54, 1.807) is 14.2 Å². The normalized spacial score (nSPS) is 13.1. The maximum atomic E-state index is 10.1. The van der Waals surface area contributed by atoms with E-state index < -0.39 is 12.2 Å². The minimum atomic E-state index is -0.740. The average Bonchev–Trinajstić information content (AvgIpc) is 2.79. The molecule has 0 fully saturated rings. The van der Waals surface area contributed by atoms with Crippen molar-refractivity contribution >= 4 is 0 Å². The van der Waals surface area contributed by atoms with E-state index in [4.69, 9.17) is 18.9 Å². The zero-order chi connectivity index (χ0) is 21.6. The number of hydrogen-bond acceptors (Lipinski definition) is 6. The van der Waals surface area contributed by atoms with Crippen LogP contribution in [-0.2, 0) is 22.7 Å². The minimum absolute atomic E-state index is 0.510. The first-order valence-electron chi connectivity index (χ1n) is 10.4. The Morgan fingerprint density at radius 3 is 1.33 bits per heavy atom. The summed E-state index contributed by atoms with van der Waals surface area (Å²) in [6.45, 7) is 2.13. The zero-order valence-electron chi connectivity index (χ0n) is 18.0.